The normalized spacial score (nSPS) is 14.0. The lowest BCUT2D eigenvalue weighted by atomic mass is 10.1. The van der Waals surface area contributed by atoms with Crippen LogP contribution in [0.3, 0.4) is 0 Å². The fourth-order valence-corrected chi connectivity index (χ4v) is 3.82. The molecule has 1 aromatic heterocycles. The zero-order valence-electron chi connectivity index (χ0n) is 15.6. The Morgan fingerprint density at radius 1 is 1.32 bits per heavy atom. The predicted molar refractivity (Wildman–Crippen MR) is 119 cm³/mol. The van der Waals surface area contributed by atoms with E-state index in [4.69, 9.17) is 10.7 Å². The van der Waals surface area contributed by atoms with Crippen molar-refractivity contribution in [3.05, 3.63) is 67.1 Å². The highest BCUT2D eigenvalue weighted by Gasteiger charge is 2.15. The maximum Gasteiger partial charge on any atom is 0.127 e. The number of hydrogen-bond donors (Lipinski definition) is 3. The van der Waals surface area contributed by atoms with Gasteiger partial charge in [0, 0.05) is 33.4 Å². The number of amidine groups is 1. The van der Waals surface area contributed by atoms with Crippen molar-refractivity contribution in [2.75, 3.05) is 23.3 Å². The molecule has 7 heteroatoms. The number of nitrogens with two attached hydrogens (primary N) is 1. The number of anilines is 2. The number of nitrogen functional groups attached to an aromatic ring is 1. The predicted octanol–water partition coefficient (Wildman–Crippen LogP) is 4.53. The summed E-state index contributed by atoms with van der Waals surface area (Å²) in [6.45, 7) is 6.65. The molecule has 0 spiro atoms. The fraction of sp³-hybridized carbons (Fsp3) is 0.143. The van der Waals surface area contributed by atoms with Crippen molar-refractivity contribution in [3.63, 3.8) is 0 Å². The van der Waals surface area contributed by atoms with Gasteiger partial charge in [0.25, 0.3) is 0 Å². The van der Waals surface area contributed by atoms with Crippen LogP contribution in [0.2, 0.25) is 0 Å². The first-order valence-electron chi connectivity index (χ1n) is 9.07. The van der Waals surface area contributed by atoms with Crippen LogP contribution in [0.1, 0.15) is 12.5 Å². The number of fused-ring (bicyclic) bond motifs is 1. The van der Waals surface area contributed by atoms with E-state index in [2.05, 4.69) is 47.2 Å². The summed E-state index contributed by atoms with van der Waals surface area (Å²) in [6, 6.07) is 12.1. The third-order valence-electron chi connectivity index (χ3n) is 4.45. The first kappa shape index (κ1) is 18.2. The molecule has 0 aliphatic carbocycles. The van der Waals surface area contributed by atoms with Gasteiger partial charge in [0.15, 0.2) is 0 Å². The summed E-state index contributed by atoms with van der Waals surface area (Å²) in [5.41, 5.74) is 10.7. The third kappa shape index (κ3) is 3.75. The number of aromatic amines is 1. The standard InChI is InChI=1S/C21H22N6S/c1-3-27-12-19(14-5-6-15-11-23-26-18(15)9-14)25-21(13-27)24-16-7-8-17(22)20(10-16)28-4-2/h3,5-12H,1,4,13,22H2,2H3,(H,23,26)(H,24,25). The molecule has 4 rings (SSSR count). The molecular weight excluding hydrogens is 368 g/mol. The minimum atomic E-state index is 0.625. The van der Waals surface area contributed by atoms with Crippen LogP contribution >= 0.6 is 11.8 Å². The van der Waals surface area contributed by atoms with Gasteiger partial charge in [0.05, 0.1) is 24.0 Å². The van der Waals surface area contributed by atoms with E-state index in [9.17, 15) is 0 Å². The summed E-state index contributed by atoms with van der Waals surface area (Å²) in [5.74, 6) is 1.82. The second-order valence-corrected chi connectivity index (χ2v) is 7.72. The highest BCUT2D eigenvalue weighted by Crippen LogP contribution is 2.29. The molecule has 0 saturated carbocycles. The molecule has 0 bridgehead atoms. The largest absolute Gasteiger partial charge is 0.398 e. The van der Waals surface area contributed by atoms with Crippen molar-refractivity contribution in [1.29, 1.82) is 0 Å². The van der Waals surface area contributed by atoms with Crippen LogP contribution in [0.15, 0.2) is 71.5 Å². The van der Waals surface area contributed by atoms with Gasteiger partial charge >= 0.3 is 0 Å². The number of hydrogen-bond acceptors (Lipinski definition) is 6. The average molecular weight is 391 g/mol. The Kier molecular flexibility index (Phi) is 5.08. The Bertz CT molecular complexity index is 1080. The quantitative estimate of drug-likeness (QED) is 0.441. The van der Waals surface area contributed by atoms with Gasteiger partial charge in [-0.15, -0.1) is 11.8 Å². The molecule has 0 fully saturated rings. The lowest BCUT2D eigenvalue weighted by Crippen LogP contribution is -2.29. The Balaban J connectivity index is 1.64. The first-order valence-corrected chi connectivity index (χ1v) is 10.1. The zero-order valence-corrected chi connectivity index (χ0v) is 16.5. The van der Waals surface area contributed by atoms with E-state index < -0.39 is 0 Å². The van der Waals surface area contributed by atoms with E-state index in [1.807, 2.05) is 35.5 Å². The molecule has 6 nitrogen and oxygen atoms in total. The second-order valence-electron chi connectivity index (χ2n) is 6.41. The van der Waals surface area contributed by atoms with Gasteiger partial charge in [0.2, 0.25) is 0 Å². The first-order chi connectivity index (χ1) is 13.7. The Labute approximate surface area is 168 Å². The van der Waals surface area contributed by atoms with Crippen LogP contribution in [0.4, 0.5) is 11.4 Å². The highest BCUT2D eigenvalue weighted by atomic mass is 32.2. The van der Waals surface area contributed by atoms with Crippen LogP contribution in [0, 0.1) is 0 Å². The summed E-state index contributed by atoms with van der Waals surface area (Å²) in [6.07, 6.45) is 5.61. The molecule has 0 amide bonds. The SMILES string of the molecule is C=CN1C=C(c2ccc3cn[nH]c3c2)N=C(Nc2ccc(N)c(SCC)c2)C1. The van der Waals surface area contributed by atoms with Crippen molar-refractivity contribution in [2.45, 2.75) is 11.8 Å². The Hall–Kier alpha value is -3.19. The van der Waals surface area contributed by atoms with E-state index in [0.29, 0.717) is 6.54 Å². The smallest absolute Gasteiger partial charge is 0.127 e. The van der Waals surface area contributed by atoms with Crippen LogP contribution in [0.5, 0.6) is 0 Å². The molecule has 0 radical (unpaired) electrons. The number of aromatic nitrogens is 2. The minimum absolute atomic E-state index is 0.625. The van der Waals surface area contributed by atoms with Crippen molar-refractivity contribution < 1.29 is 0 Å². The molecule has 0 atom stereocenters. The number of aliphatic imine (C=N–C) groups is 1. The molecule has 4 N–H and O–H groups in total. The number of nitrogens with one attached hydrogen (secondary N) is 2. The molecule has 0 unspecified atom stereocenters. The molecule has 1 aliphatic rings. The molecule has 2 aromatic carbocycles. The molecule has 2 heterocycles. The topological polar surface area (TPSA) is 82.3 Å². The van der Waals surface area contributed by atoms with Gasteiger partial charge in [-0.25, -0.2) is 4.99 Å². The summed E-state index contributed by atoms with van der Waals surface area (Å²) in [4.78, 5) is 7.93. The van der Waals surface area contributed by atoms with Crippen LogP contribution < -0.4 is 11.1 Å². The number of thioether (sulfide) groups is 1. The van der Waals surface area contributed by atoms with Gasteiger partial charge < -0.3 is 16.0 Å². The monoisotopic (exact) mass is 390 g/mol. The van der Waals surface area contributed by atoms with Crippen molar-refractivity contribution in [1.82, 2.24) is 15.1 Å². The lowest BCUT2D eigenvalue weighted by molar-refractivity contribution is 0.578. The van der Waals surface area contributed by atoms with E-state index in [0.717, 1.165) is 50.0 Å². The van der Waals surface area contributed by atoms with Gasteiger partial charge in [0.1, 0.15) is 5.84 Å². The van der Waals surface area contributed by atoms with Gasteiger partial charge in [-0.05, 0) is 36.2 Å². The van der Waals surface area contributed by atoms with E-state index in [1.165, 1.54) is 0 Å². The Morgan fingerprint density at radius 2 is 2.21 bits per heavy atom. The molecule has 142 valence electrons. The van der Waals surface area contributed by atoms with Crippen LogP contribution in [-0.2, 0) is 0 Å². The van der Waals surface area contributed by atoms with Crippen molar-refractivity contribution in [2.24, 2.45) is 4.99 Å². The maximum absolute atomic E-state index is 6.07. The van der Waals surface area contributed by atoms with E-state index >= 15 is 0 Å². The molecular formula is C21H22N6S. The summed E-state index contributed by atoms with van der Waals surface area (Å²) in [7, 11) is 0. The zero-order chi connectivity index (χ0) is 19.5. The molecule has 28 heavy (non-hydrogen) atoms. The second kappa shape index (κ2) is 7.82. The fourth-order valence-electron chi connectivity index (χ4n) is 3.06. The molecule has 0 saturated heterocycles. The van der Waals surface area contributed by atoms with Gasteiger partial charge in [-0.1, -0.05) is 25.6 Å². The summed E-state index contributed by atoms with van der Waals surface area (Å²) in [5, 5.41) is 11.6. The van der Waals surface area contributed by atoms with Crippen molar-refractivity contribution >= 4 is 45.6 Å². The third-order valence-corrected chi connectivity index (χ3v) is 5.40. The molecule has 3 aromatic rings. The van der Waals surface area contributed by atoms with Crippen molar-refractivity contribution in [3.8, 4) is 0 Å². The average Bonchev–Trinajstić information content (AvgIpc) is 3.18. The van der Waals surface area contributed by atoms with E-state index in [-0.39, 0.29) is 0 Å². The van der Waals surface area contributed by atoms with Crippen LogP contribution in [-0.4, -0.2) is 33.2 Å². The summed E-state index contributed by atoms with van der Waals surface area (Å²) >= 11 is 1.73. The van der Waals surface area contributed by atoms with Gasteiger partial charge in [-0.2, -0.15) is 5.10 Å². The summed E-state index contributed by atoms with van der Waals surface area (Å²) < 4.78 is 0. The van der Waals surface area contributed by atoms with Gasteiger partial charge in [-0.3, -0.25) is 5.10 Å². The lowest BCUT2D eigenvalue weighted by Gasteiger charge is -2.24. The minimum Gasteiger partial charge on any atom is -0.398 e. The number of nitrogens with zero attached hydrogens (tertiary/aromatic N) is 3. The number of H-pyrrole nitrogens is 1. The molecule has 1 aliphatic heterocycles. The number of rotatable bonds is 5. The van der Waals surface area contributed by atoms with E-state index in [1.54, 1.807) is 18.0 Å². The van der Waals surface area contributed by atoms with Crippen LogP contribution in [0.25, 0.3) is 16.6 Å². The number of benzene rings is 2. The Morgan fingerprint density at radius 3 is 3.04 bits per heavy atom. The highest BCUT2D eigenvalue weighted by molar-refractivity contribution is 7.99. The maximum atomic E-state index is 6.07.